The molecule has 0 bridgehead atoms. The Bertz CT molecular complexity index is 145. The van der Waals surface area contributed by atoms with Crippen molar-refractivity contribution < 1.29 is 9.84 Å². The van der Waals surface area contributed by atoms with Crippen molar-refractivity contribution in [3.05, 3.63) is 0 Å². The van der Waals surface area contributed by atoms with Crippen molar-refractivity contribution >= 4 is 0 Å². The number of ether oxygens (including phenoxy) is 1. The average Bonchev–Trinajstić information content (AvgIpc) is 2.53. The summed E-state index contributed by atoms with van der Waals surface area (Å²) in [5, 5.41) is 12.8. The summed E-state index contributed by atoms with van der Waals surface area (Å²) in [6.07, 6.45) is 7.93. The molecule has 1 saturated carbocycles. The molecule has 0 saturated heterocycles. The number of rotatable bonds is 6. The van der Waals surface area contributed by atoms with Crippen LogP contribution in [0.5, 0.6) is 0 Å². The quantitative estimate of drug-likeness (QED) is 0.522. The van der Waals surface area contributed by atoms with Gasteiger partial charge in [0.05, 0.1) is 13.2 Å². The first-order valence-electron chi connectivity index (χ1n) is 6.21. The molecule has 0 aromatic heterocycles. The summed E-state index contributed by atoms with van der Waals surface area (Å²) in [6, 6.07) is 0.276. The summed E-state index contributed by atoms with van der Waals surface area (Å²) in [5.74, 6) is 0.661. The van der Waals surface area contributed by atoms with Crippen LogP contribution in [-0.4, -0.2) is 38.0 Å². The lowest BCUT2D eigenvalue weighted by Gasteiger charge is -2.25. The molecule has 0 aromatic carbocycles. The van der Waals surface area contributed by atoms with Crippen LogP contribution >= 0.6 is 0 Å². The second-order valence-electron chi connectivity index (χ2n) is 4.49. The first-order chi connectivity index (χ1) is 7.38. The second-order valence-corrected chi connectivity index (χ2v) is 4.49. The Balaban J connectivity index is 2.27. The maximum Gasteiger partial charge on any atom is 0.0587 e. The summed E-state index contributed by atoms with van der Waals surface area (Å²) < 4.78 is 5.00. The van der Waals surface area contributed by atoms with Crippen molar-refractivity contribution in [1.82, 2.24) is 5.32 Å². The van der Waals surface area contributed by atoms with Gasteiger partial charge in [-0.1, -0.05) is 25.7 Å². The maximum atomic E-state index is 9.37. The van der Waals surface area contributed by atoms with Gasteiger partial charge in [0.25, 0.3) is 0 Å². The first-order valence-corrected chi connectivity index (χ1v) is 6.21. The smallest absolute Gasteiger partial charge is 0.0587 e. The molecule has 90 valence electrons. The highest BCUT2D eigenvalue weighted by atomic mass is 16.5. The lowest BCUT2D eigenvalue weighted by molar-refractivity contribution is 0.159. The van der Waals surface area contributed by atoms with E-state index in [0.717, 1.165) is 13.2 Å². The Labute approximate surface area is 93.2 Å². The Morgan fingerprint density at radius 1 is 1.27 bits per heavy atom. The zero-order valence-corrected chi connectivity index (χ0v) is 9.87. The third-order valence-corrected chi connectivity index (χ3v) is 3.38. The molecule has 0 amide bonds. The number of aliphatic hydroxyl groups is 1. The van der Waals surface area contributed by atoms with Crippen LogP contribution in [0.3, 0.4) is 0 Å². The fourth-order valence-corrected chi connectivity index (χ4v) is 2.44. The summed E-state index contributed by atoms with van der Waals surface area (Å²) in [4.78, 5) is 0. The molecule has 15 heavy (non-hydrogen) atoms. The van der Waals surface area contributed by atoms with Gasteiger partial charge in [-0.3, -0.25) is 0 Å². The predicted octanol–water partition coefficient (Wildman–Crippen LogP) is 1.55. The molecule has 1 aliphatic carbocycles. The van der Waals surface area contributed by atoms with Crippen LogP contribution < -0.4 is 5.32 Å². The number of hydrogen-bond donors (Lipinski definition) is 2. The van der Waals surface area contributed by atoms with Crippen LogP contribution in [0.15, 0.2) is 0 Å². The lowest BCUT2D eigenvalue weighted by Crippen LogP contribution is -2.40. The molecule has 0 aromatic rings. The van der Waals surface area contributed by atoms with E-state index in [0.29, 0.717) is 5.92 Å². The molecule has 1 atom stereocenters. The maximum absolute atomic E-state index is 9.37. The minimum atomic E-state index is 0.258. The van der Waals surface area contributed by atoms with E-state index in [1.54, 1.807) is 7.11 Å². The summed E-state index contributed by atoms with van der Waals surface area (Å²) >= 11 is 0. The van der Waals surface area contributed by atoms with E-state index in [-0.39, 0.29) is 12.6 Å². The highest BCUT2D eigenvalue weighted by Crippen LogP contribution is 2.25. The standard InChI is InChI=1S/C12H25NO2/c1-15-9-8-13-12(10-14)11-6-4-2-3-5-7-11/h11-14H,2-10H2,1H3. The van der Waals surface area contributed by atoms with Crippen molar-refractivity contribution in [3.8, 4) is 0 Å². The van der Waals surface area contributed by atoms with Gasteiger partial charge in [-0.15, -0.1) is 0 Å². The highest BCUT2D eigenvalue weighted by molar-refractivity contribution is 4.77. The molecule has 0 radical (unpaired) electrons. The van der Waals surface area contributed by atoms with Gasteiger partial charge in [-0.2, -0.15) is 0 Å². The zero-order chi connectivity index (χ0) is 10.9. The van der Waals surface area contributed by atoms with Crippen molar-refractivity contribution in [3.63, 3.8) is 0 Å². The molecule has 1 aliphatic rings. The Morgan fingerprint density at radius 2 is 1.93 bits per heavy atom. The fourth-order valence-electron chi connectivity index (χ4n) is 2.44. The number of methoxy groups -OCH3 is 1. The van der Waals surface area contributed by atoms with Crippen LogP contribution in [0.25, 0.3) is 0 Å². The summed E-state index contributed by atoms with van der Waals surface area (Å²) in [7, 11) is 1.71. The number of aliphatic hydroxyl groups excluding tert-OH is 1. The van der Waals surface area contributed by atoms with Gasteiger partial charge in [0.1, 0.15) is 0 Å². The minimum Gasteiger partial charge on any atom is -0.395 e. The van der Waals surface area contributed by atoms with Crippen LogP contribution in [0, 0.1) is 5.92 Å². The molecule has 1 unspecified atom stereocenters. The van der Waals surface area contributed by atoms with Crippen LogP contribution in [0.1, 0.15) is 38.5 Å². The number of hydrogen-bond acceptors (Lipinski definition) is 3. The van der Waals surface area contributed by atoms with E-state index >= 15 is 0 Å². The lowest BCUT2D eigenvalue weighted by atomic mass is 9.92. The van der Waals surface area contributed by atoms with E-state index in [2.05, 4.69) is 5.32 Å². The van der Waals surface area contributed by atoms with Crippen LogP contribution in [0.2, 0.25) is 0 Å². The van der Waals surface area contributed by atoms with Gasteiger partial charge in [0.2, 0.25) is 0 Å². The minimum absolute atomic E-state index is 0.258. The van der Waals surface area contributed by atoms with Gasteiger partial charge < -0.3 is 15.2 Å². The van der Waals surface area contributed by atoms with Gasteiger partial charge in [-0.05, 0) is 18.8 Å². The van der Waals surface area contributed by atoms with Gasteiger partial charge >= 0.3 is 0 Å². The molecule has 3 nitrogen and oxygen atoms in total. The normalized spacial score (nSPS) is 21.2. The highest BCUT2D eigenvalue weighted by Gasteiger charge is 2.21. The van der Waals surface area contributed by atoms with Gasteiger partial charge in [0.15, 0.2) is 0 Å². The third kappa shape index (κ3) is 4.96. The third-order valence-electron chi connectivity index (χ3n) is 3.38. The molecular formula is C12H25NO2. The van der Waals surface area contributed by atoms with Crippen molar-refractivity contribution in [2.24, 2.45) is 5.92 Å². The van der Waals surface area contributed by atoms with E-state index in [1.165, 1.54) is 38.5 Å². The number of nitrogens with one attached hydrogen (secondary N) is 1. The predicted molar refractivity (Wildman–Crippen MR) is 61.9 cm³/mol. The second kappa shape index (κ2) is 8.08. The first kappa shape index (κ1) is 12.9. The van der Waals surface area contributed by atoms with Crippen molar-refractivity contribution in [1.29, 1.82) is 0 Å². The summed E-state index contributed by atoms with van der Waals surface area (Å²) in [5.41, 5.74) is 0. The Kier molecular flexibility index (Phi) is 6.98. The molecule has 2 N–H and O–H groups in total. The monoisotopic (exact) mass is 215 g/mol. The van der Waals surface area contributed by atoms with Crippen molar-refractivity contribution in [2.45, 2.75) is 44.6 Å². The summed E-state index contributed by atoms with van der Waals surface area (Å²) in [6.45, 7) is 1.83. The fraction of sp³-hybridized carbons (Fsp3) is 1.00. The van der Waals surface area contributed by atoms with Crippen LogP contribution in [0.4, 0.5) is 0 Å². The molecule has 1 fully saturated rings. The van der Waals surface area contributed by atoms with Crippen LogP contribution in [-0.2, 0) is 4.74 Å². The molecule has 0 aliphatic heterocycles. The SMILES string of the molecule is COCCNC(CO)C1CCCCCC1. The van der Waals surface area contributed by atoms with E-state index in [1.807, 2.05) is 0 Å². The van der Waals surface area contributed by atoms with E-state index in [9.17, 15) is 5.11 Å². The molecule has 3 heteroatoms. The zero-order valence-electron chi connectivity index (χ0n) is 9.87. The average molecular weight is 215 g/mol. The van der Waals surface area contributed by atoms with Gasteiger partial charge in [-0.25, -0.2) is 0 Å². The van der Waals surface area contributed by atoms with Crippen molar-refractivity contribution in [2.75, 3.05) is 26.9 Å². The van der Waals surface area contributed by atoms with E-state index in [4.69, 9.17) is 4.74 Å². The Hall–Kier alpha value is -0.120. The molecule has 0 spiro atoms. The topological polar surface area (TPSA) is 41.5 Å². The molecule has 0 heterocycles. The molecule has 1 rings (SSSR count). The largest absolute Gasteiger partial charge is 0.395 e. The Morgan fingerprint density at radius 3 is 2.47 bits per heavy atom. The van der Waals surface area contributed by atoms with E-state index < -0.39 is 0 Å². The van der Waals surface area contributed by atoms with Gasteiger partial charge in [0, 0.05) is 19.7 Å². The molecular weight excluding hydrogens is 190 g/mol.